The van der Waals surface area contributed by atoms with Gasteiger partial charge in [0.1, 0.15) is 18.3 Å². The predicted molar refractivity (Wildman–Crippen MR) is 175 cm³/mol. The third-order valence-corrected chi connectivity index (χ3v) is 10.3. The van der Waals surface area contributed by atoms with Crippen LogP contribution >= 0.6 is 23.2 Å². The van der Waals surface area contributed by atoms with Gasteiger partial charge in [-0.05, 0) is 73.7 Å². The van der Waals surface area contributed by atoms with Gasteiger partial charge in [-0.3, -0.25) is 13.9 Å². The van der Waals surface area contributed by atoms with E-state index in [0.29, 0.717) is 22.0 Å². The van der Waals surface area contributed by atoms with Crippen LogP contribution in [0.25, 0.3) is 0 Å². The standard InChI is InChI=1S/C33H39Cl2N3O5S/c1-4-29(33(40)36-26-11-7-5-8-12-26)37(21-24-16-17-25(34)20-28(24)35)32(39)22-38(30-19-23(2)15-18-31(30)43-3)44(41,42)27-13-9-6-10-14-27/h6,9-10,13-20,26,29H,4-5,7-8,11-12,21-22H2,1-3H3,(H,36,40). The Hall–Kier alpha value is -3.27. The highest BCUT2D eigenvalue weighted by Crippen LogP contribution is 2.34. The first kappa shape index (κ1) is 33.6. The number of nitrogens with zero attached hydrogens (tertiary/aromatic N) is 2. The minimum absolute atomic E-state index is 0.0182. The fraction of sp³-hybridized carbons (Fsp3) is 0.394. The number of halogens is 2. The van der Waals surface area contributed by atoms with E-state index in [1.165, 1.54) is 24.1 Å². The Balaban J connectivity index is 1.77. The molecular formula is C33H39Cl2N3O5S. The quantitative estimate of drug-likeness (QED) is 0.232. The van der Waals surface area contributed by atoms with E-state index in [9.17, 15) is 18.0 Å². The van der Waals surface area contributed by atoms with Gasteiger partial charge in [0.25, 0.3) is 10.0 Å². The second kappa shape index (κ2) is 15.1. The first-order valence-electron chi connectivity index (χ1n) is 14.8. The third-order valence-electron chi connectivity index (χ3n) is 7.91. The molecule has 44 heavy (non-hydrogen) atoms. The van der Waals surface area contributed by atoms with Crippen molar-refractivity contribution >= 4 is 50.7 Å². The molecule has 0 aromatic heterocycles. The molecule has 0 radical (unpaired) electrons. The fourth-order valence-electron chi connectivity index (χ4n) is 5.53. The highest BCUT2D eigenvalue weighted by Gasteiger charge is 2.35. The number of sulfonamides is 1. The summed E-state index contributed by atoms with van der Waals surface area (Å²) < 4.78 is 34.9. The molecule has 1 aliphatic carbocycles. The molecule has 0 heterocycles. The number of amides is 2. The number of nitrogens with one attached hydrogen (secondary N) is 1. The van der Waals surface area contributed by atoms with Crippen molar-refractivity contribution in [2.75, 3.05) is 18.0 Å². The average Bonchev–Trinajstić information content (AvgIpc) is 3.01. The van der Waals surface area contributed by atoms with Gasteiger partial charge in [0.05, 0.1) is 17.7 Å². The van der Waals surface area contributed by atoms with Gasteiger partial charge in [0, 0.05) is 22.6 Å². The van der Waals surface area contributed by atoms with Gasteiger partial charge in [-0.25, -0.2) is 8.42 Å². The zero-order chi connectivity index (χ0) is 31.9. The zero-order valence-corrected chi connectivity index (χ0v) is 27.6. The lowest BCUT2D eigenvalue weighted by atomic mass is 9.95. The predicted octanol–water partition coefficient (Wildman–Crippen LogP) is 6.76. The van der Waals surface area contributed by atoms with Crippen molar-refractivity contribution in [3.63, 3.8) is 0 Å². The van der Waals surface area contributed by atoms with Crippen LogP contribution < -0.4 is 14.4 Å². The van der Waals surface area contributed by atoms with E-state index in [2.05, 4.69) is 5.32 Å². The Morgan fingerprint density at radius 2 is 1.70 bits per heavy atom. The number of benzene rings is 3. The van der Waals surface area contributed by atoms with Crippen LogP contribution in [0, 0.1) is 6.92 Å². The van der Waals surface area contributed by atoms with Crippen molar-refractivity contribution in [2.24, 2.45) is 0 Å². The molecule has 3 aromatic rings. The van der Waals surface area contributed by atoms with Gasteiger partial charge in [-0.1, -0.05) is 79.7 Å². The highest BCUT2D eigenvalue weighted by molar-refractivity contribution is 7.92. The van der Waals surface area contributed by atoms with E-state index in [4.69, 9.17) is 27.9 Å². The number of aryl methyl sites for hydroxylation is 1. The summed E-state index contributed by atoms with van der Waals surface area (Å²) in [7, 11) is -2.79. The number of methoxy groups -OCH3 is 1. The Labute approximate surface area is 270 Å². The van der Waals surface area contributed by atoms with Crippen molar-refractivity contribution < 1.29 is 22.7 Å². The maximum absolute atomic E-state index is 14.4. The molecule has 11 heteroatoms. The second-order valence-corrected chi connectivity index (χ2v) is 13.7. The summed E-state index contributed by atoms with van der Waals surface area (Å²) >= 11 is 12.7. The van der Waals surface area contributed by atoms with Gasteiger partial charge < -0.3 is 15.0 Å². The van der Waals surface area contributed by atoms with E-state index in [-0.39, 0.29) is 34.8 Å². The number of ether oxygens (including phenoxy) is 1. The van der Waals surface area contributed by atoms with Gasteiger partial charge in [0.15, 0.2) is 0 Å². The smallest absolute Gasteiger partial charge is 0.264 e. The maximum Gasteiger partial charge on any atom is 0.264 e. The minimum atomic E-state index is -4.23. The van der Waals surface area contributed by atoms with Crippen LogP contribution in [0.15, 0.2) is 71.6 Å². The zero-order valence-electron chi connectivity index (χ0n) is 25.3. The molecule has 1 saturated carbocycles. The molecule has 1 fully saturated rings. The van der Waals surface area contributed by atoms with Crippen LogP contribution in [0.3, 0.4) is 0 Å². The minimum Gasteiger partial charge on any atom is -0.495 e. The Kier molecular flexibility index (Phi) is 11.6. The van der Waals surface area contributed by atoms with Crippen LogP contribution in [0.1, 0.15) is 56.6 Å². The van der Waals surface area contributed by atoms with Crippen molar-refractivity contribution in [3.8, 4) is 5.75 Å². The summed E-state index contributed by atoms with van der Waals surface area (Å²) in [5.41, 5.74) is 1.58. The molecule has 3 aromatic carbocycles. The summed E-state index contributed by atoms with van der Waals surface area (Å²) in [6.45, 7) is 3.07. The number of carbonyl (C=O) groups is 2. The van der Waals surface area contributed by atoms with Gasteiger partial charge in [-0.15, -0.1) is 0 Å². The molecule has 8 nitrogen and oxygen atoms in total. The monoisotopic (exact) mass is 659 g/mol. The molecular weight excluding hydrogens is 621 g/mol. The lowest BCUT2D eigenvalue weighted by Gasteiger charge is -2.35. The number of hydrogen-bond donors (Lipinski definition) is 1. The summed E-state index contributed by atoms with van der Waals surface area (Å²) in [5, 5.41) is 3.92. The van der Waals surface area contributed by atoms with E-state index in [0.717, 1.165) is 42.0 Å². The van der Waals surface area contributed by atoms with Crippen LogP contribution in [0.2, 0.25) is 10.0 Å². The Bertz CT molecular complexity index is 1560. The first-order valence-corrected chi connectivity index (χ1v) is 17.0. The number of carbonyl (C=O) groups excluding carboxylic acids is 2. The molecule has 0 saturated heterocycles. The van der Waals surface area contributed by atoms with Gasteiger partial charge in [0.2, 0.25) is 11.8 Å². The second-order valence-electron chi connectivity index (χ2n) is 11.0. The largest absolute Gasteiger partial charge is 0.495 e. The lowest BCUT2D eigenvalue weighted by molar-refractivity contribution is -0.140. The molecule has 0 aliphatic heterocycles. The average molecular weight is 661 g/mol. The molecule has 0 bridgehead atoms. The van der Waals surface area contributed by atoms with E-state index >= 15 is 0 Å². The fourth-order valence-corrected chi connectivity index (χ4v) is 7.43. The molecule has 0 spiro atoms. The maximum atomic E-state index is 14.4. The highest BCUT2D eigenvalue weighted by atomic mass is 35.5. The number of anilines is 1. The Morgan fingerprint density at radius 3 is 2.34 bits per heavy atom. The van der Waals surface area contributed by atoms with Gasteiger partial charge in [-0.2, -0.15) is 0 Å². The van der Waals surface area contributed by atoms with Crippen LogP contribution in [-0.4, -0.2) is 50.9 Å². The van der Waals surface area contributed by atoms with Crippen LogP contribution in [0.5, 0.6) is 5.75 Å². The van der Waals surface area contributed by atoms with Crippen LogP contribution in [-0.2, 0) is 26.2 Å². The summed E-state index contributed by atoms with van der Waals surface area (Å²) in [6, 6.07) is 17.2. The first-order chi connectivity index (χ1) is 21.0. The van der Waals surface area contributed by atoms with E-state index in [1.54, 1.807) is 54.6 Å². The summed E-state index contributed by atoms with van der Waals surface area (Å²) in [6.07, 6.45) is 5.29. The summed E-state index contributed by atoms with van der Waals surface area (Å²) in [4.78, 5) is 29.6. The van der Waals surface area contributed by atoms with Crippen molar-refractivity contribution in [2.45, 2.75) is 75.9 Å². The number of rotatable bonds is 12. The molecule has 1 aliphatic rings. The van der Waals surface area contributed by atoms with E-state index < -0.39 is 28.5 Å². The number of hydrogen-bond acceptors (Lipinski definition) is 5. The molecule has 1 N–H and O–H groups in total. The summed E-state index contributed by atoms with van der Waals surface area (Å²) in [5.74, 6) is -0.551. The molecule has 236 valence electrons. The van der Waals surface area contributed by atoms with Gasteiger partial charge >= 0.3 is 0 Å². The molecule has 2 amide bonds. The molecule has 1 atom stereocenters. The van der Waals surface area contributed by atoms with Crippen molar-refractivity contribution in [1.29, 1.82) is 0 Å². The van der Waals surface area contributed by atoms with Crippen LogP contribution in [0.4, 0.5) is 5.69 Å². The lowest BCUT2D eigenvalue weighted by Crippen LogP contribution is -2.54. The Morgan fingerprint density at radius 1 is 1.00 bits per heavy atom. The molecule has 4 rings (SSSR count). The van der Waals surface area contributed by atoms with Crippen molar-refractivity contribution in [1.82, 2.24) is 10.2 Å². The van der Waals surface area contributed by atoms with Crippen molar-refractivity contribution in [3.05, 3.63) is 87.9 Å². The topological polar surface area (TPSA) is 96.0 Å². The third kappa shape index (κ3) is 8.06. The normalized spacial score (nSPS) is 14.5. The van der Waals surface area contributed by atoms with E-state index in [1.807, 2.05) is 13.8 Å². The SMILES string of the molecule is CCC(C(=O)NC1CCCCC1)N(Cc1ccc(Cl)cc1Cl)C(=O)CN(c1cc(C)ccc1OC)S(=O)(=O)c1ccccc1. The molecule has 1 unspecified atom stereocenters.